The average Bonchev–Trinajstić information content (AvgIpc) is 2.37. The van der Waals surface area contributed by atoms with Crippen LogP contribution in [0, 0.1) is 0 Å². The van der Waals surface area contributed by atoms with Gasteiger partial charge < -0.3 is 0 Å². The average molecular weight is 344 g/mol. The Morgan fingerprint density at radius 2 is 1.35 bits per heavy atom. The molecule has 0 aliphatic rings. The molecule has 0 aromatic heterocycles. The Bertz CT molecular complexity index is 666. The van der Waals surface area contributed by atoms with Gasteiger partial charge in [-0.3, -0.25) is 0 Å². The van der Waals surface area contributed by atoms with Crippen LogP contribution >= 0.6 is 14.4 Å². The maximum absolute atomic E-state index is 12.4. The fraction of sp³-hybridized carbons (Fsp3) is 0.294. The fourth-order valence-corrected chi connectivity index (χ4v) is 8.80. The smallest absolute Gasteiger partial charge is 1.00 e. The summed E-state index contributed by atoms with van der Waals surface area (Å²) in [5, 5.41) is 0. The van der Waals surface area contributed by atoms with Crippen LogP contribution in [-0.4, -0.2) is 20.0 Å². The summed E-state index contributed by atoms with van der Waals surface area (Å²) >= 11 is 0. The molecule has 0 saturated heterocycles. The third-order valence-corrected chi connectivity index (χ3v) is 8.82. The van der Waals surface area contributed by atoms with E-state index in [-0.39, 0.29) is 25.0 Å². The van der Waals surface area contributed by atoms with E-state index in [9.17, 15) is 9.46 Å². The summed E-state index contributed by atoms with van der Waals surface area (Å²) in [6.45, 7) is 3.07. The van der Waals surface area contributed by atoms with E-state index < -0.39 is 14.4 Å². The molecule has 0 radical (unpaired) electrons. The van der Waals surface area contributed by atoms with Crippen LogP contribution in [0.5, 0.6) is 0 Å². The summed E-state index contributed by atoms with van der Waals surface area (Å²) in [7, 11) is -3.93. The molecule has 0 heterocycles. The van der Waals surface area contributed by atoms with Crippen molar-refractivity contribution in [2.24, 2.45) is 0 Å². The topological polar surface area (TPSA) is 49.4 Å². The summed E-state index contributed by atoms with van der Waals surface area (Å²) in [5.41, 5.74) is 1.86. The van der Waals surface area contributed by atoms with Crippen LogP contribution in [0.4, 0.5) is 0 Å². The standard InChI is InChI=1S/C17H24O3P2.Li/c1-22(2,3,15-17-12-8-5-9-13-17)20-21(18,19)14-16-10-6-4-7-11-16;/h4-13H,14-15H2,1-3H3,(H,18,19);/q;+1/p-1. The Morgan fingerprint density at radius 3 is 1.83 bits per heavy atom. The third-order valence-electron chi connectivity index (χ3n) is 3.21. The molecule has 0 N–H and O–H groups in total. The largest absolute Gasteiger partial charge is 1.00 e. The fourth-order valence-electron chi connectivity index (χ4n) is 2.53. The van der Waals surface area contributed by atoms with Crippen LogP contribution in [0.15, 0.2) is 60.7 Å². The minimum atomic E-state index is -3.93. The van der Waals surface area contributed by atoms with Gasteiger partial charge >= 0.3 is 151 Å². The molecule has 2 aromatic carbocycles. The summed E-state index contributed by atoms with van der Waals surface area (Å²) in [6, 6.07) is 19.0. The summed E-state index contributed by atoms with van der Waals surface area (Å²) in [4.78, 5) is 12.4. The molecule has 0 amide bonds. The van der Waals surface area contributed by atoms with Gasteiger partial charge in [0.2, 0.25) is 0 Å². The molecule has 0 spiro atoms. The van der Waals surface area contributed by atoms with E-state index in [0.29, 0.717) is 6.16 Å². The zero-order valence-corrected chi connectivity index (χ0v) is 16.1. The van der Waals surface area contributed by atoms with E-state index in [2.05, 4.69) is 0 Å². The van der Waals surface area contributed by atoms with E-state index in [1.54, 1.807) is 12.1 Å². The first-order valence-electron chi connectivity index (χ1n) is 7.23. The van der Waals surface area contributed by atoms with Crippen molar-refractivity contribution in [2.75, 3.05) is 20.0 Å². The van der Waals surface area contributed by atoms with Gasteiger partial charge in [0, 0.05) is 0 Å². The van der Waals surface area contributed by atoms with Crippen LogP contribution in [0.2, 0.25) is 0 Å². The number of rotatable bonds is 6. The first-order chi connectivity index (χ1) is 10.1. The van der Waals surface area contributed by atoms with Crippen LogP contribution in [0.1, 0.15) is 11.1 Å². The van der Waals surface area contributed by atoms with Crippen molar-refractivity contribution < 1.29 is 32.6 Å². The Balaban J connectivity index is 0.00000264. The second-order valence-electron chi connectivity index (χ2n) is 6.95. The number of hydrogen-bond donors (Lipinski definition) is 0. The van der Waals surface area contributed by atoms with Crippen LogP contribution in [0.25, 0.3) is 0 Å². The Kier molecular flexibility index (Phi) is 6.89. The molecule has 6 heteroatoms. The summed E-state index contributed by atoms with van der Waals surface area (Å²) < 4.78 is 18.2. The van der Waals surface area contributed by atoms with Crippen LogP contribution in [0.3, 0.4) is 0 Å². The molecular formula is C17H23LiO3P2. The monoisotopic (exact) mass is 344 g/mol. The zero-order valence-electron chi connectivity index (χ0n) is 14.3. The van der Waals surface area contributed by atoms with Gasteiger partial charge in [-0.2, -0.15) is 0 Å². The van der Waals surface area contributed by atoms with Gasteiger partial charge in [0.1, 0.15) is 0 Å². The molecule has 2 rings (SSSR count). The van der Waals surface area contributed by atoms with Gasteiger partial charge in [-0.05, 0) is 0 Å². The third kappa shape index (κ3) is 7.36. The van der Waals surface area contributed by atoms with Crippen molar-refractivity contribution in [3.8, 4) is 0 Å². The van der Waals surface area contributed by atoms with E-state index in [1.165, 1.54) is 0 Å². The molecule has 120 valence electrons. The quantitative estimate of drug-likeness (QED) is 0.587. The van der Waals surface area contributed by atoms with E-state index in [4.69, 9.17) is 4.31 Å². The normalized spacial score (nSPS) is 15.7. The Labute approximate surface area is 151 Å². The van der Waals surface area contributed by atoms with Crippen molar-refractivity contribution in [3.63, 3.8) is 0 Å². The van der Waals surface area contributed by atoms with Crippen LogP contribution < -0.4 is 23.8 Å². The zero-order chi connectivity index (χ0) is 16.3. The minimum Gasteiger partial charge on any atom is 1.00 e. The molecule has 1 unspecified atom stereocenters. The van der Waals surface area contributed by atoms with Gasteiger partial charge in [-0.1, -0.05) is 0 Å². The molecule has 0 saturated carbocycles. The van der Waals surface area contributed by atoms with E-state index >= 15 is 0 Å². The molecule has 3 nitrogen and oxygen atoms in total. The SMILES string of the molecule is CP(C)(C)(Cc1ccccc1)OP(=O)([O-])Cc1ccccc1.[Li+]. The molecule has 23 heavy (non-hydrogen) atoms. The second kappa shape index (κ2) is 7.67. The van der Waals surface area contributed by atoms with E-state index in [0.717, 1.165) is 11.1 Å². The maximum Gasteiger partial charge on any atom is 1.00 e. The van der Waals surface area contributed by atoms with Crippen molar-refractivity contribution in [3.05, 3.63) is 71.8 Å². The molecule has 0 aliphatic carbocycles. The molecule has 0 aliphatic heterocycles. The summed E-state index contributed by atoms with van der Waals surface area (Å²) in [6.07, 6.45) is 0.587. The first kappa shape index (κ1) is 20.7. The van der Waals surface area contributed by atoms with Gasteiger partial charge in [0.05, 0.1) is 0 Å². The van der Waals surface area contributed by atoms with Gasteiger partial charge in [0.25, 0.3) is 0 Å². The van der Waals surface area contributed by atoms with Gasteiger partial charge in [-0.25, -0.2) is 0 Å². The molecular weight excluding hydrogens is 321 g/mol. The van der Waals surface area contributed by atoms with Gasteiger partial charge in [0.15, 0.2) is 0 Å². The van der Waals surface area contributed by atoms with Crippen molar-refractivity contribution >= 4 is 14.4 Å². The molecule has 1 atom stereocenters. The minimum absolute atomic E-state index is 0. The number of benzene rings is 2. The predicted molar refractivity (Wildman–Crippen MR) is 93.7 cm³/mol. The molecule has 0 bridgehead atoms. The van der Waals surface area contributed by atoms with E-state index in [1.807, 2.05) is 68.5 Å². The Hall–Kier alpha value is -0.383. The number of hydrogen-bond acceptors (Lipinski definition) is 3. The Morgan fingerprint density at radius 1 is 0.913 bits per heavy atom. The van der Waals surface area contributed by atoms with Crippen molar-refractivity contribution in [2.45, 2.75) is 12.3 Å². The molecule has 2 aromatic rings. The van der Waals surface area contributed by atoms with Crippen molar-refractivity contribution in [1.82, 2.24) is 0 Å². The van der Waals surface area contributed by atoms with Crippen LogP contribution in [-0.2, 0) is 21.2 Å². The predicted octanol–water partition coefficient (Wildman–Crippen LogP) is 1.32. The maximum atomic E-state index is 12.4. The van der Waals surface area contributed by atoms with Crippen molar-refractivity contribution in [1.29, 1.82) is 0 Å². The molecule has 0 fully saturated rings. The first-order valence-corrected chi connectivity index (χ1v) is 12.6. The summed E-state index contributed by atoms with van der Waals surface area (Å²) in [5.74, 6) is 0. The van der Waals surface area contributed by atoms with Gasteiger partial charge in [-0.15, -0.1) is 0 Å². The second-order valence-corrected chi connectivity index (χ2v) is 15.4.